The largest absolute Gasteiger partial charge is 0.372 e. The molecule has 2 saturated heterocycles. The molecule has 0 aliphatic carbocycles. The molecule has 2 aromatic rings. The molecule has 1 aromatic carbocycles. The summed E-state index contributed by atoms with van der Waals surface area (Å²) in [7, 11) is 0. The van der Waals surface area contributed by atoms with E-state index in [4.69, 9.17) is 0 Å². The lowest BCUT2D eigenvalue weighted by Gasteiger charge is -2.30. The minimum atomic E-state index is 0.00447. The van der Waals surface area contributed by atoms with E-state index < -0.39 is 0 Å². The fourth-order valence-electron chi connectivity index (χ4n) is 3.99. The minimum Gasteiger partial charge on any atom is -0.372 e. The second kappa shape index (κ2) is 8.17. The molecule has 4 rings (SSSR count). The summed E-state index contributed by atoms with van der Waals surface area (Å²) in [4.78, 5) is 26.0. The van der Waals surface area contributed by atoms with Crippen LogP contribution in [0.1, 0.15) is 48.9 Å². The Morgan fingerprint density at radius 3 is 2.39 bits per heavy atom. The maximum atomic E-state index is 12.9. The molecule has 1 N–H and O–H groups in total. The van der Waals surface area contributed by atoms with Crippen molar-refractivity contribution in [1.29, 1.82) is 0 Å². The van der Waals surface area contributed by atoms with E-state index >= 15 is 0 Å². The summed E-state index contributed by atoms with van der Waals surface area (Å²) >= 11 is 0. The zero-order valence-electron chi connectivity index (χ0n) is 16.8. The lowest BCUT2D eigenvalue weighted by molar-refractivity contribution is 0.0691. The maximum absolute atomic E-state index is 12.9. The van der Waals surface area contributed by atoms with Gasteiger partial charge in [-0.2, -0.15) is 0 Å². The smallest absolute Gasteiger partial charge is 0.272 e. The molecule has 0 bridgehead atoms. The summed E-state index contributed by atoms with van der Waals surface area (Å²) in [6.07, 6.45) is 4.66. The highest BCUT2D eigenvalue weighted by molar-refractivity contribution is 5.93. The summed E-state index contributed by atoms with van der Waals surface area (Å²) in [6, 6.07) is 10.2. The van der Waals surface area contributed by atoms with Gasteiger partial charge in [0.1, 0.15) is 17.3 Å². The van der Waals surface area contributed by atoms with Crippen LogP contribution >= 0.6 is 0 Å². The van der Waals surface area contributed by atoms with Gasteiger partial charge in [-0.15, -0.1) is 0 Å². The molecule has 0 radical (unpaired) electrons. The van der Waals surface area contributed by atoms with Crippen LogP contribution in [0.25, 0.3) is 0 Å². The van der Waals surface area contributed by atoms with E-state index in [9.17, 15) is 4.79 Å². The van der Waals surface area contributed by atoms with Crippen LogP contribution in [-0.2, 0) is 0 Å². The van der Waals surface area contributed by atoms with E-state index in [0.717, 1.165) is 44.7 Å². The molecule has 0 atom stereocenters. The first-order chi connectivity index (χ1) is 13.6. The number of carbonyl (C=O) groups excluding carboxylic acids is 1. The standard InChI is InChI=1S/C22H29N5O/c1-16-9-13-27(14-10-16)22(28)20-15-21(24-17(2)23-20)25-18-5-7-19(8-6-18)26-11-3-4-12-26/h5-8,15-16H,3-4,9-14H2,1-2H3,(H,23,24,25). The van der Waals surface area contributed by atoms with Crippen LogP contribution in [0.15, 0.2) is 30.3 Å². The van der Waals surface area contributed by atoms with E-state index in [1.807, 2.05) is 11.8 Å². The van der Waals surface area contributed by atoms with Gasteiger partial charge in [-0.1, -0.05) is 6.92 Å². The number of nitrogens with zero attached hydrogens (tertiary/aromatic N) is 4. The number of carbonyl (C=O) groups is 1. The van der Waals surface area contributed by atoms with Crippen molar-refractivity contribution in [2.45, 2.75) is 39.5 Å². The van der Waals surface area contributed by atoms with E-state index in [-0.39, 0.29) is 5.91 Å². The highest BCUT2D eigenvalue weighted by atomic mass is 16.2. The van der Waals surface area contributed by atoms with Gasteiger partial charge in [0, 0.05) is 43.6 Å². The van der Waals surface area contributed by atoms with E-state index in [2.05, 4.69) is 51.4 Å². The van der Waals surface area contributed by atoms with Crippen LogP contribution in [0.4, 0.5) is 17.2 Å². The van der Waals surface area contributed by atoms with Crippen LogP contribution in [0.2, 0.25) is 0 Å². The van der Waals surface area contributed by atoms with Crippen LogP contribution < -0.4 is 10.2 Å². The van der Waals surface area contributed by atoms with Gasteiger partial charge in [-0.05, 0) is 62.8 Å². The Balaban J connectivity index is 1.47. The van der Waals surface area contributed by atoms with E-state index in [1.54, 1.807) is 6.07 Å². The monoisotopic (exact) mass is 379 g/mol. The Labute approximate surface area is 167 Å². The van der Waals surface area contributed by atoms with Crippen molar-refractivity contribution in [2.24, 2.45) is 5.92 Å². The number of benzene rings is 1. The van der Waals surface area contributed by atoms with Gasteiger partial charge in [0.25, 0.3) is 5.91 Å². The average molecular weight is 380 g/mol. The Morgan fingerprint density at radius 2 is 1.71 bits per heavy atom. The molecule has 28 heavy (non-hydrogen) atoms. The zero-order chi connectivity index (χ0) is 19.5. The SMILES string of the molecule is Cc1nc(Nc2ccc(N3CCCC3)cc2)cc(C(=O)N2CCC(C)CC2)n1. The van der Waals surface area contributed by atoms with Gasteiger partial charge in [0.15, 0.2) is 0 Å². The second-order valence-electron chi connectivity index (χ2n) is 8.03. The second-order valence-corrected chi connectivity index (χ2v) is 8.03. The number of hydrogen-bond donors (Lipinski definition) is 1. The Bertz CT molecular complexity index is 821. The lowest BCUT2D eigenvalue weighted by atomic mass is 9.99. The molecule has 0 unspecified atom stereocenters. The van der Waals surface area contributed by atoms with Gasteiger partial charge >= 0.3 is 0 Å². The molecule has 3 heterocycles. The molecule has 6 heteroatoms. The molecular formula is C22H29N5O. The third kappa shape index (κ3) is 4.26. The summed E-state index contributed by atoms with van der Waals surface area (Å²) in [5, 5.41) is 3.33. The van der Waals surface area contributed by atoms with Gasteiger partial charge in [-0.25, -0.2) is 9.97 Å². The number of anilines is 3. The van der Waals surface area contributed by atoms with Crippen molar-refractivity contribution in [2.75, 3.05) is 36.4 Å². The van der Waals surface area contributed by atoms with Gasteiger partial charge in [-0.3, -0.25) is 4.79 Å². The molecule has 148 valence electrons. The number of piperidine rings is 1. The molecular weight excluding hydrogens is 350 g/mol. The van der Waals surface area contributed by atoms with E-state index in [1.165, 1.54) is 18.5 Å². The first-order valence-electron chi connectivity index (χ1n) is 10.4. The van der Waals surface area contributed by atoms with Gasteiger partial charge in [0.2, 0.25) is 0 Å². The number of amides is 1. The van der Waals surface area contributed by atoms with Crippen LogP contribution in [0, 0.1) is 12.8 Å². The van der Waals surface area contributed by atoms with Crippen molar-refractivity contribution in [1.82, 2.24) is 14.9 Å². The predicted molar refractivity (Wildman–Crippen MR) is 112 cm³/mol. The number of nitrogens with one attached hydrogen (secondary N) is 1. The van der Waals surface area contributed by atoms with Crippen molar-refractivity contribution in [3.8, 4) is 0 Å². The molecule has 1 amide bonds. The minimum absolute atomic E-state index is 0.00447. The van der Waals surface area contributed by atoms with Crippen LogP contribution in [-0.4, -0.2) is 47.0 Å². The molecule has 2 fully saturated rings. The van der Waals surface area contributed by atoms with Crippen molar-refractivity contribution in [3.63, 3.8) is 0 Å². The normalized spacial score (nSPS) is 17.8. The summed E-state index contributed by atoms with van der Waals surface area (Å²) in [5.74, 6) is 1.96. The average Bonchev–Trinajstić information content (AvgIpc) is 3.23. The fraction of sp³-hybridized carbons (Fsp3) is 0.500. The first-order valence-corrected chi connectivity index (χ1v) is 10.4. The third-order valence-electron chi connectivity index (χ3n) is 5.74. The Kier molecular flexibility index (Phi) is 5.46. The molecule has 0 spiro atoms. The predicted octanol–water partition coefficient (Wildman–Crippen LogP) is 4.00. The lowest BCUT2D eigenvalue weighted by Crippen LogP contribution is -2.38. The topological polar surface area (TPSA) is 61.4 Å². The highest BCUT2D eigenvalue weighted by Gasteiger charge is 2.23. The van der Waals surface area contributed by atoms with Crippen molar-refractivity contribution in [3.05, 3.63) is 41.9 Å². The zero-order valence-corrected chi connectivity index (χ0v) is 16.8. The van der Waals surface area contributed by atoms with E-state index in [0.29, 0.717) is 23.3 Å². The van der Waals surface area contributed by atoms with Crippen molar-refractivity contribution < 1.29 is 4.79 Å². The number of aromatic nitrogens is 2. The summed E-state index contributed by atoms with van der Waals surface area (Å²) in [5.41, 5.74) is 2.70. The number of aryl methyl sites for hydroxylation is 1. The molecule has 0 saturated carbocycles. The maximum Gasteiger partial charge on any atom is 0.272 e. The fourth-order valence-corrected chi connectivity index (χ4v) is 3.99. The quantitative estimate of drug-likeness (QED) is 0.870. The highest BCUT2D eigenvalue weighted by Crippen LogP contribution is 2.24. The third-order valence-corrected chi connectivity index (χ3v) is 5.74. The van der Waals surface area contributed by atoms with Gasteiger partial charge < -0.3 is 15.1 Å². The molecule has 2 aliphatic rings. The summed E-state index contributed by atoms with van der Waals surface area (Å²) in [6.45, 7) is 7.97. The van der Waals surface area contributed by atoms with Crippen LogP contribution in [0.5, 0.6) is 0 Å². The molecule has 6 nitrogen and oxygen atoms in total. The van der Waals surface area contributed by atoms with Gasteiger partial charge in [0.05, 0.1) is 0 Å². The number of hydrogen-bond acceptors (Lipinski definition) is 5. The van der Waals surface area contributed by atoms with Crippen molar-refractivity contribution >= 4 is 23.1 Å². The number of rotatable bonds is 4. The Hall–Kier alpha value is -2.63. The first kappa shape index (κ1) is 18.7. The Morgan fingerprint density at radius 1 is 1.04 bits per heavy atom. The van der Waals surface area contributed by atoms with Crippen LogP contribution in [0.3, 0.4) is 0 Å². The molecule has 1 aromatic heterocycles. The number of likely N-dealkylation sites (tertiary alicyclic amines) is 1. The molecule has 2 aliphatic heterocycles. The summed E-state index contributed by atoms with van der Waals surface area (Å²) < 4.78 is 0.